The van der Waals surface area contributed by atoms with Crippen molar-refractivity contribution in [2.75, 3.05) is 0 Å². The molecule has 0 unspecified atom stereocenters. The van der Waals surface area contributed by atoms with E-state index in [1.807, 2.05) is 0 Å². The average molecular weight is 657 g/mol. The number of rotatable bonds is 5. The lowest BCUT2D eigenvalue weighted by Crippen LogP contribution is -2.05. The first-order valence-corrected chi connectivity index (χ1v) is 17.9. The lowest BCUT2D eigenvalue weighted by atomic mass is 9.86. The molecule has 0 amide bonds. The van der Waals surface area contributed by atoms with Crippen molar-refractivity contribution in [1.82, 2.24) is 9.97 Å². The molecule has 0 saturated carbocycles. The maximum atomic E-state index is 5.48. The normalized spacial score (nSPS) is 11.4. The molecule has 0 N–H and O–H groups in total. The molecule has 254 valence electrons. The second kappa shape index (κ2) is 13.1. The molecule has 0 aliphatic rings. The van der Waals surface area contributed by atoms with Crippen LogP contribution < -0.4 is 0 Å². The van der Waals surface area contributed by atoms with E-state index in [0.717, 1.165) is 33.9 Å². The zero-order valence-electron chi connectivity index (χ0n) is 32.7. The van der Waals surface area contributed by atoms with Gasteiger partial charge in [-0.1, -0.05) is 36.4 Å². The van der Waals surface area contributed by atoms with Crippen LogP contribution in [0.15, 0.2) is 60.7 Å². The van der Waals surface area contributed by atoms with Crippen LogP contribution in [0.4, 0.5) is 0 Å². The molecule has 6 aromatic rings. The molecule has 0 radical (unpaired) electrons. The van der Waals surface area contributed by atoms with Crippen molar-refractivity contribution in [3.05, 3.63) is 139 Å². The van der Waals surface area contributed by atoms with Crippen molar-refractivity contribution in [1.29, 1.82) is 0 Å². The van der Waals surface area contributed by atoms with E-state index in [2.05, 4.69) is 158 Å². The Morgan fingerprint density at radius 3 is 0.940 bits per heavy atom. The highest BCUT2D eigenvalue weighted by Crippen LogP contribution is 2.40. The number of nitrogens with zero attached hydrogens (tertiary/aromatic N) is 2. The van der Waals surface area contributed by atoms with Crippen molar-refractivity contribution in [2.24, 2.45) is 0 Å². The Bertz CT molecular complexity index is 2140. The molecule has 5 aromatic carbocycles. The summed E-state index contributed by atoms with van der Waals surface area (Å²) in [4.78, 5) is 11.0. The molecule has 1 heterocycles. The summed E-state index contributed by atoms with van der Waals surface area (Å²) < 4.78 is 0. The van der Waals surface area contributed by atoms with Crippen LogP contribution in [-0.4, -0.2) is 9.97 Å². The SMILES string of the molecule is Cc1ccc(-c2cc(-c3ccc(C)c(C)c3)cc(-c3nc(-c4c(C)c(C)c(C)c(C)c4C)cc(-c4c(C)c(C)c(C)c(C)c4C)n3)c2)cc1C. The van der Waals surface area contributed by atoms with Crippen molar-refractivity contribution in [3.8, 4) is 56.2 Å². The summed E-state index contributed by atoms with van der Waals surface area (Å²) in [6, 6.07) is 22.7. The predicted molar refractivity (Wildman–Crippen MR) is 216 cm³/mol. The van der Waals surface area contributed by atoms with Gasteiger partial charge in [-0.2, -0.15) is 0 Å². The largest absolute Gasteiger partial charge is 0.228 e. The zero-order chi connectivity index (χ0) is 36.3. The summed E-state index contributed by atoms with van der Waals surface area (Å²) in [6.45, 7) is 31.2. The smallest absolute Gasteiger partial charge is 0.160 e. The van der Waals surface area contributed by atoms with E-state index in [4.69, 9.17) is 9.97 Å². The summed E-state index contributed by atoms with van der Waals surface area (Å²) >= 11 is 0. The van der Waals surface area contributed by atoms with Crippen LogP contribution in [0.25, 0.3) is 56.2 Å². The highest BCUT2D eigenvalue weighted by Gasteiger charge is 2.22. The number of hydrogen-bond donors (Lipinski definition) is 0. The van der Waals surface area contributed by atoms with Gasteiger partial charge in [0.25, 0.3) is 0 Å². The van der Waals surface area contributed by atoms with E-state index in [1.54, 1.807) is 0 Å². The Morgan fingerprint density at radius 2 is 0.600 bits per heavy atom. The Balaban J connectivity index is 1.72. The fourth-order valence-corrected chi connectivity index (χ4v) is 7.53. The molecule has 0 atom stereocenters. The van der Waals surface area contributed by atoms with E-state index in [-0.39, 0.29) is 0 Å². The fraction of sp³-hybridized carbons (Fsp3) is 0.292. The number of aromatic nitrogens is 2. The molecule has 0 saturated heterocycles. The molecule has 0 spiro atoms. The topological polar surface area (TPSA) is 25.8 Å². The van der Waals surface area contributed by atoms with Crippen LogP contribution in [0, 0.1) is 96.9 Å². The van der Waals surface area contributed by atoms with Gasteiger partial charge >= 0.3 is 0 Å². The Kier molecular flexibility index (Phi) is 9.20. The Labute approximate surface area is 300 Å². The molecule has 0 bridgehead atoms. The highest BCUT2D eigenvalue weighted by molar-refractivity contribution is 5.84. The monoisotopic (exact) mass is 656 g/mol. The Morgan fingerprint density at radius 1 is 0.280 bits per heavy atom. The van der Waals surface area contributed by atoms with E-state index in [1.165, 1.54) is 100 Å². The first-order valence-electron chi connectivity index (χ1n) is 17.9. The van der Waals surface area contributed by atoms with Gasteiger partial charge in [-0.15, -0.1) is 0 Å². The summed E-state index contributed by atoms with van der Waals surface area (Å²) in [5.74, 6) is 0.748. The summed E-state index contributed by atoms with van der Waals surface area (Å²) in [5.41, 5.74) is 28.4. The minimum absolute atomic E-state index is 0.748. The minimum Gasteiger partial charge on any atom is -0.228 e. The van der Waals surface area contributed by atoms with Gasteiger partial charge in [0.2, 0.25) is 0 Å². The zero-order valence-corrected chi connectivity index (χ0v) is 32.7. The molecule has 2 nitrogen and oxygen atoms in total. The second-order valence-electron chi connectivity index (χ2n) is 14.9. The minimum atomic E-state index is 0.748. The molecule has 0 aliphatic carbocycles. The third-order valence-corrected chi connectivity index (χ3v) is 12.1. The van der Waals surface area contributed by atoms with Crippen LogP contribution in [0.3, 0.4) is 0 Å². The lowest BCUT2D eigenvalue weighted by molar-refractivity contribution is 1.12. The third-order valence-electron chi connectivity index (χ3n) is 12.1. The highest BCUT2D eigenvalue weighted by atomic mass is 14.9. The van der Waals surface area contributed by atoms with Crippen molar-refractivity contribution < 1.29 is 0 Å². The number of hydrogen-bond acceptors (Lipinski definition) is 2. The lowest BCUT2D eigenvalue weighted by Gasteiger charge is -2.22. The summed E-state index contributed by atoms with van der Waals surface area (Å²) in [7, 11) is 0. The van der Waals surface area contributed by atoms with E-state index in [0.29, 0.717) is 0 Å². The van der Waals surface area contributed by atoms with Gasteiger partial charge in [-0.25, -0.2) is 9.97 Å². The third kappa shape index (κ3) is 6.00. The summed E-state index contributed by atoms with van der Waals surface area (Å²) in [6.07, 6.45) is 0. The van der Waals surface area contributed by atoms with Crippen LogP contribution >= 0.6 is 0 Å². The Hall–Kier alpha value is -4.82. The van der Waals surface area contributed by atoms with Crippen LogP contribution in [-0.2, 0) is 0 Å². The standard InChI is InChI=1S/C48H52N2/c1-25-15-17-39(19-27(25)3)41-21-42(40-18-16-26(2)28(4)20-40)23-43(22-41)48-49-44(46-35(11)31(7)29(5)32(8)36(46)12)24-45(50-48)47-37(13)33(9)30(6)34(10)38(47)14/h15-24H,1-14H3. The van der Waals surface area contributed by atoms with Gasteiger partial charge in [-0.3, -0.25) is 0 Å². The van der Waals surface area contributed by atoms with Gasteiger partial charge in [0.15, 0.2) is 5.82 Å². The summed E-state index contributed by atoms with van der Waals surface area (Å²) in [5, 5.41) is 0. The van der Waals surface area contributed by atoms with Crippen LogP contribution in [0.2, 0.25) is 0 Å². The van der Waals surface area contributed by atoms with Gasteiger partial charge in [0.1, 0.15) is 0 Å². The predicted octanol–water partition coefficient (Wildman–Crippen LogP) is 13.1. The van der Waals surface area contributed by atoms with Crippen LogP contribution in [0.1, 0.15) is 77.9 Å². The van der Waals surface area contributed by atoms with Gasteiger partial charge in [0.05, 0.1) is 11.4 Å². The quantitative estimate of drug-likeness (QED) is 0.185. The van der Waals surface area contributed by atoms with Crippen LogP contribution in [0.5, 0.6) is 0 Å². The average Bonchev–Trinajstić information content (AvgIpc) is 3.10. The molecule has 6 rings (SSSR count). The van der Waals surface area contributed by atoms with E-state index >= 15 is 0 Å². The number of aryl methyl sites for hydroxylation is 4. The first-order chi connectivity index (χ1) is 23.6. The molecule has 0 fully saturated rings. The van der Waals surface area contributed by atoms with Gasteiger partial charge < -0.3 is 0 Å². The molecular weight excluding hydrogens is 605 g/mol. The maximum absolute atomic E-state index is 5.48. The first kappa shape index (κ1) is 35.0. The second-order valence-corrected chi connectivity index (χ2v) is 14.9. The molecule has 1 aromatic heterocycles. The molecular formula is C48H52N2. The van der Waals surface area contributed by atoms with E-state index < -0.39 is 0 Å². The molecule has 50 heavy (non-hydrogen) atoms. The number of benzene rings is 5. The van der Waals surface area contributed by atoms with E-state index in [9.17, 15) is 0 Å². The van der Waals surface area contributed by atoms with Gasteiger partial charge in [-0.05, 0) is 221 Å². The molecule has 0 aliphatic heterocycles. The van der Waals surface area contributed by atoms with Crippen molar-refractivity contribution in [2.45, 2.75) is 96.9 Å². The molecule has 2 heteroatoms. The van der Waals surface area contributed by atoms with Crippen molar-refractivity contribution in [3.63, 3.8) is 0 Å². The fourth-order valence-electron chi connectivity index (χ4n) is 7.53. The van der Waals surface area contributed by atoms with Gasteiger partial charge in [0, 0.05) is 16.7 Å². The maximum Gasteiger partial charge on any atom is 0.160 e. The van der Waals surface area contributed by atoms with Crippen molar-refractivity contribution >= 4 is 0 Å².